The zero-order valence-corrected chi connectivity index (χ0v) is 12.7. The van der Waals surface area contributed by atoms with E-state index >= 15 is 0 Å². The van der Waals surface area contributed by atoms with Gasteiger partial charge in [0, 0.05) is 0 Å². The summed E-state index contributed by atoms with van der Waals surface area (Å²) < 4.78 is 15.0. The third-order valence-electron chi connectivity index (χ3n) is 2.74. The number of rotatable bonds is 6. The van der Waals surface area contributed by atoms with Crippen molar-refractivity contribution in [3.8, 4) is 5.69 Å². The highest BCUT2D eigenvalue weighted by atomic mass is 32.2. The first-order valence-corrected chi connectivity index (χ1v) is 7.63. The second kappa shape index (κ2) is 6.76. The van der Waals surface area contributed by atoms with Gasteiger partial charge in [-0.3, -0.25) is 4.79 Å². The van der Waals surface area contributed by atoms with Crippen LogP contribution in [-0.4, -0.2) is 26.6 Å². The highest BCUT2D eigenvalue weighted by Gasteiger charge is 2.13. The standard InChI is InChI=1S/C15H17FN2O2S/c1-10(2)6-12-8-14(21-9-15(19)20)18(17-12)13-5-3-4-11(16)7-13/h3-5,7-8,10H,6,9H2,1-2H3,(H,19,20). The van der Waals surface area contributed by atoms with E-state index in [1.54, 1.807) is 16.8 Å². The van der Waals surface area contributed by atoms with Crippen molar-refractivity contribution in [2.75, 3.05) is 5.75 Å². The van der Waals surface area contributed by atoms with Gasteiger partial charge in [0.1, 0.15) is 10.8 Å². The lowest BCUT2D eigenvalue weighted by Crippen LogP contribution is -2.03. The lowest BCUT2D eigenvalue weighted by atomic mass is 10.1. The number of carbonyl (C=O) groups is 1. The first kappa shape index (κ1) is 15.6. The summed E-state index contributed by atoms with van der Waals surface area (Å²) in [6.45, 7) is 4.18. The van der Waals surface area contributed by atoms with Gasteiger partial charge in [0.05, 0.1) is 17.1 Å². The monoisotopic (exact) mass is 308 g/mol. The molecule has 0 aliphatic rings. The molecule has 0 spiro atoms. The second-order valence-electron chi connectivity index (χ2n) is 5.15. The lowest BCUT2D eigenvalue weighted by Gasteiger charge is -2.06. The third-order valence-corrected chi connectivity index (χ3v) is 3.72. The largest absolute Gasteiger partial charge is 0.481 e. The van der Waals surface area contributed by atoms with Gasteiger partial charge < -0.3 is 5.11 Å². The first-order valence-electron chi connectivity index (χ1n) is 6.65. The van der Waals surface area contributed by atoms with Gasteiger partial charge in [0.15, 0.2) is 0 Å². The smallest absolute Gasteiger partial charge is 0.313 e. The fourth-order valence-corrected chi connectivity index (χ4v) is 2.72. The molecule has 0 atom stereocenters. The van der Waals surface area contributed by atoms with E-state index in [2.05, 4.69) is 18.9 Å². The molecule has 2 aromatic rings. The number of hydrogen-bond donors (Lipinski definition) is 1. The number of carboxylic acid groups (broad SMARTS) is 1. The van der Waals surface area contributed by atoms with E-state index in [-0.39, 0.29) is 11.6 Å². The molecule has 0 aliphatic heterocycles. The maximum atomic E-state index is 13.4. The maximum absolute atomic E-state index is 13.4. The van der Waals surface area contributed by atoms with Gasteiger partial charge in [-0.15, -0.1) is 0 Å². The van der Waals surface area contributed by atoms with Crippen LogP contribution in [0.25, 0.3) is 5.69 Å². The predicted molar refractivity (Wildman–Crippen MR) is 80.4 cm³/mol. The molecule has 0 unspecified atom stereocenters. The van der Waals surface area contributed by atoms with Crippen molar-refractivity contribution in [3.05, 3.63) is 41.8 Å². The van der Waals surface area contributed by atoms with Gasteiger partial charge in [-0.05, 0) is 36.6 Å². The van der Waals surface area contributed by atoms with Crippen LogP contribution in [0, 0.1) is 11.7 Å². The Labute approximate surface area is 127 Å². The SMILES string of the molecule is CC(C)Cc1cc(SCC(=O)O)n(-c2cccc(F)c2)n1. The van der Waals surface area contributed by atoms with Crippen LogP contribution < -0.4 is 0 Å². The van der Waals surface area contributed by atoms with E-state index in [0.717, 1.165) is 12.1 Å². The second-order valence-corrected chi connectivity index (χ2v) is 6.14. The molecular formula is C15H17FN2O2S. The van der Waals surface area contributed by atoms with Gasteiger partial charge in [-0.1, -0.05) is 31.7 Å². The van der Waals surface area contributed by atoms with Crippen molar-refractivity contribution in [1.82, 2.24) is 9.78 Å². The predicted octanol–water partition coefficient (Wildman–Crippen LogP) is 3.39. The van der Waals surface area contributed by atoms with Crippen LogP contribution in [0.4, 0.5) is 4.39 Å². The normalized spacial score (nSPS) is 11.0. The first-order chi connectivity index (χ1) is 9.95. The highest BCUT2D eigenvalue weighted by Crippen LogP contribution is 2.24. The minimum absolute atomic E-state index is 0.0534. The molecule has 112 valence electrons. The number of aromatic nitrogens is 2. The Balaban J connectivity index is 2.36. The van der Waals surface area contributed by atoms with E-state index in [1.165, 1.54) is 23.9 Å². The fourth-order valence-electron chi connectivity index (χ4n) is 1.96. The van der Waals surface area contributed by atoms with Crippen LogP contribution in [-0.2, 0) is 11.2 Å². The zero-order valence-electron chi connectivity index (χ0n) is 11.9. The quantitative estimate of drug-likeness (QED) is 0.831. The number of hydrogen-bond acceptors (Lipinski definition) is 3. The Hall–Kier alpha value is -1.82. The maximum Gasteiger partial charge on any atom is 0.313 e. The molecule has 21 heavy (non-hydrogen) atoms. The molecule has 2 rings (SSSR count). The Morgan fingerprint density at radius 2 is 2.19 bits per heavy atom. The summed E-state index contributed by atoms with van der Waals surface area (Å²) >= 11 is 1.18. The minimum Gasteiger partial charge on any atom is -0.481 e. The summed E-state index contributed by atoms with van der Waals surface area (Å²) in [5.41, 5.74) is 1.47. The number of thioether (sulfide) groups is 1. The van der Waals surface area contributed by atoms with Crippen molar-refractivity contribution in [2.45, 2.75) is 25.3 Å². The van der Waals surface area contributed by atoms with Crippen LogP contribution in [0.2, 0.25) is 0 Å². The summed E-state index contributed by atoms with van der Waals surface area (Å²) in [5, 5.41) is 14.0. The number of carboxylic acids is 1. The number of benzene rings is 1. The zero-order chi connectivity index (χ0) is 15.4. The molecule has 1 N–H and O–H groups in total. The van der Waals surface area contributed by atoms with Crippen molar-refractivity contribution < 1.29 is 14.3 Å². The van der Waals surface area contributed by atoms with Crippen LogP contribution in [0.1, 0.15) is 19.5 Å². The number of nitrogens with zero attached hydrogens (tertiary/aromatic N) is 2. The van der Waals surface area contributed by atoms with E-state index < -0.39 is 5.97 Å². The summed E-state index contributed by atoms with van der Waals surface area (Å²) in [7, 11) is 0. The molecule has 1 aromatic heterocycles. The van der Waals surface area contributed by atoms with E-state index in [1.807, 2.05) is 6.07 Å². The molecule has 0 amide bonds. The molecule has 1 heterocycles. The molecule has 0 fully saturated rings. The van der Waals surface area contributed by atoms with Crippen molar-refractivity contribution in [2.24, 2.45) is 5.92 Å². The van der Waals surface area contributed by atoms with Gasteiger partial charge in [0.25, 0.3) is 0 Å². The van der Waals surface area contributed by atoms with E-state index in [9.17, 15) is 9.18 Å². The van der Waals surface area contributed by atoms with E-state index in [4.69, 9.17) is 5.11 Å². The summed E-state index contributed by atoms with van der Waals surface area (Å²) in [4.78, 5) is 10.7. The Bertz CT molecular complexity index is 640. The molecule has 0 bridgehead atoms. The van der Waals surface area contributed by atoms with Crippen molar-refractivity contribution in [3.63, 3.8) is 0 Å². The molecule has 4 nitrogen and oxygen atoms in total. The average Bonchev–Trinajstić information content (AvgIpc) is 2.78. The van der Waals surface area contributed by atoms with E-state index in [0.29, 0.717) is 16.6 Å². The topological polar surface area (TPSA) is 55.1 Å². The number of halogens is 1. The average molecular weight is 308 g/mol. The molecule has 0 saturated carbocycles. The van der Waals surface area contributed by atoms with Gasteiger partial charge in [-0.25, -0.2) is 9.07 Å². The number of aliphatic carboxylic acids is 1. The minimum atomic E-state index is -0.891. The van der Waals surface area contributed by atoms with Crippen LogP contribution in [0.5, 0.6) is 0 Å². The fraction of sp³-hybridized carbons (Fsp3) is 0.333. The summed E-state index contributed by atoms with van der Waals surface area (Å²) in [5.74, 6) is -0.847. The lowest BCUT2D eigenvalue weighted by molar-refractivity contribution is -0.133. The van der Waals surface area contributed by atoms with Crippen LogP contribution in [0.3, 0.4) is 0 Å². The summed E-state index contributed by atoms with van der Waals surface area (Å²) in [6.07, 6.45) is 0.795. The third kappa shape index (κ3) is 4.32. The Morgan fingerprint density at radius 1 is 1.43 bits per heavy atom. The molecule has 1 aromatic carbocycles. The van der Waals surface area contributed by atoms with Gasteiger partial charge >= 0.3 is 5.97 Å². The molecule has 0 aliphatic carbocycles. The van der Waals surface area contributed by atoms with Crippen LogP contribution >= 0.6 is 11.8 Å². The Kier molecular flexibility index (Phi) is 5.01. The molecule has 6 heteroatoms. The Morgan fingerprint density at radius 3 is 2.81 bits per heavy atom. The molecular weight excluding hydrogens is 291 g/mol. The molecule has 0 saturated heterocycles. The molecule has 0 radical (unpaired) electrons. The van der Waals surface area contributed by atoms with Crippen molar-refractivity contribution in [1.29, 1.82) is 0 Å². The van der Waals surface area contributed by atoms with Gasteiger partial charge in [-0.2, -0.15) is 5.10 Å². The van der Waals surface area contributed by atoms with Gasteiger partial charge in [0.2, 0.25) is 0 Å². The highest BCUT2D eigenvalue weighted by molar-refractivity contribution is 7.99. The summed E-state index contributed by atoms with van der Waals surface area (Å²) in [6, 6.07) is 7.99. The van der Waals surface area contributed by atoms with Crippen LogP contribution in [0.15, 0.2) is 35.4 Å². The van der Waals surface area contributed by atoms with Crippen molar-refractivity contribution >= 4 is 17.7 Å².